The molecule has 1 aliphatic heterocycles. The number of carbonyl (C=O) groups is 2. The van der Waals surface area contributed by atoms with Gasteiger partial charge in [-0.1, -0.05) is 28.1 Å². The Labute approximate surface area is 129 Å². The molecule has 0 radical (unpaired) electrons. The fourth-order valence-electron chi connectivity index (χ4n) is 1.53. The van der Waals surface area contributed by atoms with E-state index in [1.807, 2.05) is 24.3 Å². The number of rotatable bonds is 3. The lowest BCUT2D eigenvalue weighted by atomic mass is 10.2. The van der Waals surface area contributed by atoms with E-state index in [1.54, 1.807) is 6.92 Å². The lowest BCUT2D eigenvalue weighted by Gasteiger charge is -2.25. The van der Waals surface area contributed by atoms with Crippen LogP contribution in [0.1, 0.15) is 12.5 Å². The molecular formula is C12H13BrN6O2. The largest absolute Gasteiger partial charge is 0.356 e. The van der Waals surface area contributed by atoms with Crippen molar-refractivity contribution in [3.8, 4) is 0 Å². The third-order valence-corrected chi connectivity index (χ3v) is 2.93. The Morgan fingerprint density at radius 1 is 1.57 bits per heavy atom. The summed E-state index contributed by atoms with van der Waals surface area (Å²) in [6.07, 6.45) is 1.49. The summed E-state index contributed by atoms with van der Waals surface area (Å²) in [4.78, 5) is 23.0. The SMILES string of the molecule is CC1=NNC(=O)N(NC(=O)N/N=C/c2cccc(Br)c2)C1. The van der Waals surface area contributed by atoms with E-state index in [2.05, 4.69) is 42.4 Å². The normalized spacial score (nSPS) is 14.7. The van der Waals surface area contributed by atoms with Crippen molar-refractivity contribution in [2.75, 3.05) is 6.54 Å². The van der Waals surface area contributed by atoms with Crippen LogP contribution in [0.25, 0.3) is 0 Å². The molecule has 2 rings (SSSR count). The van der Waals surface area contributed by atoms with Gasteiger partial charge < -0.3 is 0 Å². The predicted octanol–water partition coefficient (Wildman–Crippen LogP) is 1.40. The van der Waals surface area contributed by atoms with Crippen molar-refractivity contribution in [3.05, 3.63) is 34.3 Å². The van der Waals surface area contributed by atoms with Gasteiger partial charge >= 0.3 is 12.1 Å². The number of carbonyl (C=O) groups excluding carboxylic acids is 2. The number of nitrogens with zero attached hydrogens (tertiary/aromatic N) is 3. The van der Waals surface area contributed by atoms with Gasteiger partial charge in [-0.3, -0.25) is 0 Å². The van der Waals surface area contributed by atoms with Gasteiger partial charge in [-0.15, -0.1) is 0 Å². The minimum atomic E-state index is -0.619. The van der Waals surface area contributed by atoms with Gasteiger partial charge in [0, 0.05) is 4.47 Å². The van der Waals surface area contributed by atoms with Crippen molar-refractivity contribution in [2.24, 2.45) is 10.2 Å². The highest BCUT2D eigenvalue weighted by atomic mass is 79.9. The molecule has 110 valence electrons. The molecule has 0 aliphatic carbocycles. The summed E-state index contributed by atoms with van der Waals surface area (Å²) >= 11 is 3.34. The van der Waals surface area contributed by atoms with E-state index in [0.29, 0.717) is 5.71 Å². The van der Waals surface area contributed by atoms with Crippen LogP contribution in [0, 0.1) is 0 Å². The fourth-order valence-corrected chi connectivity index (χ4v) is 1.95. The Bertz CT molecular complexity index is 616. The van der Waals surface area contributed by atoms with Crippen LogP contribution in [0.3, 0.4) is 0 Å². The van der Waals surface area contributed by atoms with E-state index < -0.39 is 12.1 Å². The van der Waals surface area contributed by atoms with Gasteiger partial charge in [0.2, 0.25) is 0 Å². The van der Waals surface area contributed by atoms with Crippen molar-refractivity contribution in [1.29, 1.82) is 0 Å². The smallest absolute Gasteiger partial charge is 0.245 e. The minimum absolute atomic E-state index is 0.217. The maximum absolute atomic E-state index is 11.6. The van der Waals surface area contributed by atoms with E-state index >= 15 is 0 Å². The summed E-state index contributed by atoms with van der Waals surface area (Å²) in [6, 6.07) is 6.30. The fraction of sp³-hybridized carbons (Fsp3) is 0.167. The Balaban J connectivity index is 1.85. The van der Waals surface area contributed by atoms with E-state index in [-0.39, 0.29) is 6.54 Å². The second-order valence-electron chi connectivity index (χ2n) is 4.22. The molecule has 0 atom stereocenters. The summed E-state index contributed by atoms with van der Waals surface area (Å²) in [7, 11) is 0. The molecule has 0 bridgehead atoms. The highest BCUT2D eigenvalue weighted by Gasteiger charge is 2.20. The maximum Gasteiger partial charge on any atom is 0.356 e. The minimum Gasteiger partial charge on any atom is -0.245 e. The van der Waals surface area contributed by atoms with Crippen LogP contribution in [0.5, 0.6) is 0 Å². The van der Waals surface area contributed by atoms with Crippen LogP contribution in [0.15, 0.2) is 38.9 Å². The number of hydrazine groups is 1. The number of amides is 4. The average Bonchev–Trinajstić information content (AvgIpc) is 2.43. The molecule has 1 heterocycles. The van der Waals surface area contributed by atoms with Gasteiger partial charge in [0.05, 0.1) is 18.5 Å². The van der Waals surface area contributed by atoms with Crippen LogP contribution in [0.4, 0.5) is 9.59 Å². The quantitative estimate of drug-likeness (QED) is 0.565. The van der Waals surface area contributed by atoms with E-state index in [9.17, 15) is 9.59 Å². The molecule has 1 aromatic rings. The van der Waals surface area contributed by atoms with Crippen LogP contribution in [-0.2, 0) is 0 Å². The molecule has 0 fully saturated rings. The first-order valence-electron chi connectivity index (χ1n) is 6.00. The Kier molecular flexibility index (Phi) is 4.88. The summed E-state index contributed by atoms with van der Waals surface area (Å²) in [6.45, 7) is 1.95. The van der Waals surface area contributed by atoms with Crippen molar-refractivity contribution < 1.29 is 9.59 Å². The molecule has 1 aliphatic rings. The summed E-state index contributed by atoms with van der Waals surface area (Å²) < 4.78 is 0.913. The second-order valence-corrected chi connectivity index (χ2v) is 5.13. The topological polar surface area (TPSA) is 98.2 Å². The second kappa shape index (κ2) is 6.84. The number of hydrogen-bond donors (Lipinski definition) is 3. The third kappa shape index (κ3) is 4.56. The molecular weight excluding hydrogens is 340 g/mol. The first kappa shape index (κ1) is 15.0. The molecule has 0 unspecified atom stereocenters. The lowest BCUT2D eigenvalue weighted by molar-refractivity contribution is 0.173. The maximum atomic E-state index is 11.6. The van der Waals surface area contributed by atoms with Gasteiger partial charge in [-0.25, -0.2) is 30.9 Å². The molecule has 0 aromatic heterocycles. The molecule has 0 saturated heterocycles. The zero-order valence-corrected chi connectivity index (χ0v) is 12.7. The van der Waals surface area contributed by atoms with Crippen LogP contribution < -0.4 is 16.3 Å². The van der Waals surface area contributed by atoms with E-state index in [4.69, 9.17) is 0 Å². The third-order valence-electron chi connectivity index (χ3n) is 2.44. The van der Waals surface area contributed by atoms with Gasteiger partial charge in [-0.2, -0.15) is 10.2 Å². The van der Waals surface area contributed by atoms with Crippen molar-refractivity contribution in [1.82, 2.24) is 21.3 Å². The van der Waals surface area contributed by atoms with Crippen molar-refractivity contribution in [2.45, 2.75) is 6.92 Å². The zero-order chi connectivity index (χ0) is 15.2. The monoisotopic (exact) mass is 352 g/mol. The Hall–Kier alpha value is -2.42. The highest BCUT2D eigenvalue weighted by molar-refractivity contribution is 9.10. The Morgan fingerprint density at radius 3 is 3.14 bits per heavy atom. The molecule has 8 nitrogen and oxygen atoms in total. The number of hydrogen-bond acceptors (Lipinski definition) is 4. The lowest BCUT2D eigenvalue weighted by Crippen LogP contribution is -2.55. The van der Waals surface area contributed by atoms with Crippen LogP contribution >= 0.6 is 15.9 Å². The Morgan fingerprint density at radius 2 is 2.38 bits per heavy atom. The van der Waals surface area contributed by atoms with Crippen LogP contribution in [-0.4, -0.2) is 35.5 Å². The van der Waals surface area contributed by atoms with Crippen molar-refractivity contribution in [3.63, 3.8) is 0 Å². The predicted molar refractivity (Wildman–Crippen MR) is 81.8 cm³/mol. The number of hydrazone groups is 2. The summed E-state index contributed by atoms with van der Waals surface area (Å²) in [5.74, 6) is 0. The molecule has 1 aromatic carbocycles. The number of benzene rings is 1. The number of halogens is 1. The first-order valence-corrected chi connectivity index (χ1v) is 6.80. The van der Waals surface area contributed by atoms with E-state index in [0.717, 1.165) is 15.0 Å². The molecule has 4 amide bonds. The summed E-state index contributed by atoms with van der Waals surface area (Å²) in [5.41, 5.74) is 8.40. The highest BCUT2D eigenvalue weighted by Crippen LogP contribution is 2.09. The molecule has 0 saturated carbocycles. The molecule has 3 N–H and O–H groups in total. The zero-order valence-electron chi connectivity index (χ0n) is 11.1. The van der Waals surface area contributed by atoms with Gasteiger partial charge in [0.1, 0.15) is 0 Å². The number of nitrogens with one attached hydrogen (secondary N) is 3. The molecule has 9 heteroatoms. The summed E-state index contributed by atoms with van der Waals surface area (Å²) in [5, 5.41) is 8.65. The molecule has 21 heavy (non-hydrogen) atoms. The average molecular weight is 353 g/mol. The standard InChI is InChI=1S/C12H13BrN6O2/c1-8-7-19(12(21)17-15-8)18-11(20)16-14-6-9-3-2-4-10(13)5-9/h2-6H,7H2,1H3,(H,17,21)(H2,16,18,20)/b14-6+. The van der Waals surface area contributed by atoms with E-state index in [1.165, 1.54) is 6.21 Å². The van der Waals surface area contributed by atoms with Gasteiger partial charge in [0.25, 0.3) is 0 Å². The van der Waals surface area contributed by atoms with Gasteiger partial charge in [0.15, 0.2) is 0 Å². The number of urea groups is 2. The van der Waals surface area contributed by atoms with Crippen molar-refractivity contribution >= 4 is 39.9 Å². The first-order chi connectivity index (χ1) is 10.0. The molecule has 0 spiro atoms. The van der Waals surface area contributed by atoms with Gasteiger partial charge in [-0.05, 0) is 24.6 Å². The van der Waals surface area contributed by atoms with Crippen LogP contribution in [0.2, 0.25) is 0 Å².